The van der Waals surface area contributed by atoms with E-state index in [1.807, 2.05) is 54.6 Å². The molecule has 0 spiro atoms. The number of anilines is 2. The smallest absolute Gasteiger partial charge is 0.206 e. The molecular weight excluding hydrogens is 348 g/mol. The van der Waals surface area contributed by atoms with Gasteiger partial charge in [0.2, 0.25) is 5.44 Å². The van der Waals surface area contributed by atoms with Gasteiger partial charge in [0.05, 0.1) is 5.69 Å². The summed E-state index contributed by atoms with van der Waals surface area (Å²) >= 11 is 0. The van der Waals surface area contributed by atoms with E-state index in [1.165, 1.54) is 0 Å². The Morgan fingerprint density at radius 2 is 1.73 bits per heavy atom. The molecule has 26 heavy (non-hydrogen) atoms. The third-order valence-corrected chi connectivity index (χ3v) is 6.77. The van der Waals surface area contributed by atoms with Gasteiger partial charge in [0.25, 0.3) is 0 Å². The van der Waals surface area contributed by atoms with Crippen molar-refractivity contribution in [2.75, 3.05) is 17.9 Å². The molecule has 6 heteroatoms. The molecule has 0 bridgehead atoms. The summed E-state index contributed by atoms with van der Waals surface area (Å²) in [5.74, 6) is 0.685. The number of benzene rings is 2. The molecule has 0 aliphatic carbocycles. The lowest BCUT2D eigenvalue weighted by Crippen LogP contribution is -2.39. The third-order valence-electron chi connectivity index (χ3n) is 4.79. The number of hydrogen-bond acceptors (Lipinski definition) is 5. The number of para-hydroxylation sites is 3. The van der Waals surface area contributed by atoms with Crippen molar-refractivity contribution in [1.29, 1.82) is 0 Å². The second-order valence-corrected chi connectivity index (χ2v) is 8.94. The lowest BCUT2D eigenvalue weighted by atomic mass is 10.2. The molecule has 1 aliphatic rings. The van der Waals surface area contributed by atoms with Gasteiger partial charge < -0.3 is 9.64 Å². The first-order valence-electron chi connectivity index (χ1n) is 8.99. The Kier molecular flexibility index (Phi) is 5.77. The molecule has 3 rings (SSSR count). The highest BCUT2D eigenvalue weighted by molar-refractivity contribution is 8.26. The topological polar surface area (TPSA) is 56.2 Å². The molecule has 1 atom stereocenters. The molecular formula is C20H28N2O3S. The van der Waals surface area contributed by atoms with Crippen LogP contribution in [-0.4, -0.2) is 39.1 Å². The van der Waals surface area contributed by atoms with Gasteiger partial charge in [-0.25, -0.2) is 4.31 Å². The summed E-state index contributed by atoms with van der Waals surface area (Å²) in [6, 6.07) is 17.5. The standard InChI is InChI=1S/C20H28N2O3S/c1-16(2)21(3)15-9-14-20-25-19-13-8-7-12-18(19)22(26(20,23)24)17-10-5-4-6-11-17/h4-8,10-13,16,20,23-24H,9,14-15H2,1-3H3. The van der Waals surface area contributed by atoms with Gasteiger partial charge in [0, 0.05) is 12.5 Å². The number of rotatable bonds is 6. The van der Waals surface area contributed by atoms with Crippen molar-refractivity contribution >= 4 is 22.2 Å². The zero-order valence-electron chi connectivity index (χ0n) is 15.6. The highest BCUT2D eigenvalue weighted by Gasteiger charge is 2.40. The van der Waals surface area contributed by atoms with Crippen LogP contribution in [0.15, 0.2) is 54.6 Å². The highest BCUT2D eigenvalue weighted by atomic mass is 32.3. The van der Waals surface area contributed by atoms with Crippen molar-refractivity contribution in [2.45, 2.75) is 38.2 Å². The van der Waals surface area contributed by atoms with Gasteiger partial charge in [-0.15, -0.1) is 0 Å². The van der Waals surface area contributed by atoms with Crippen LogP contribution in [0.5, 0.6) is 5.75 Å². The monoisotopic (exact) mass is 376 g/mol. The minimum Gasteiger partial charge on any atom is -0.467 e. The first-order chi connectivity index (χ1) is 12.4. The Bertz CT molecular complexity index is 724. The molecule has 2 aromatic rings. The average Bonchev–Trinajstić information content (AvgIpc) is 2.62. The van der Waals surface area contributed by atoms with Crippen LogP contribution >= 0.6 is 10.8 Å². The van der Waals surface area contributed by atoms with Crippen molar-refractivity contribution in [3.05, 3.63) is 54.6 Å². The first kappa shape index (κ1) is 19.0. The zero-order chi connectivity index (χ0) is 18.7. The van der Waals surface area contributed by atoms with Crippen molar-refractivity contribution in [3.8, 4) is 5.75 Å². The second kappa shape index (κ2) is 7.88. The quantitative estimate of drug-likeness (QED) is 0.714. The molecule has 5 nitrogen and oxygen atoms in total. The normalized spacial score (nSPS) is 20.0. The predicted molar refractivity (Wildman–Crippen MR) is 109 cm³/mol. The minimum atomic E-state index is -3.16. The molecule has 0 amide bonds. The molecule has 0 fully saturated rings. The number of hydrogen-bond donors (Lipinski definition) is 2. The second-order valence-electron chi connectivity index (χ2n) is 6.92. The highest BCUT2D eigenvalue weighted by Crippen LogP contribution is 2.61. The third kappa shape index (κ3) is 3.83. The molecule has 1 aliphatic heterocycles. The van der Waals surface area contributed by atoms with Gasteiger partial charge in [-0.1, -0.05) is 41.1 Å². The van der Waals surface area contributed by atoms with Crippen LogP contribution in [-0.2, 0) is 0 Å². The van der Waals surface area contributed by atoms with Crippen LogP contribution < -0.4 is 9.04 Å². The maximum atomic E-state index is 11.1. The summed E-state index contributed by atoms with van der Waals surface area (Å²) < 4.78 is 29.8. The first-order valence-corrected chi connectivity index (χ1v) is 10.6. The van der Waals surface area contributed by atoms with Gasteiger partial charge in [0.15, 0.2) is 0 Å². The van der Waals surface area contributed by atoms with E-state index < -0.39 is 16.2 Å². The van der Waals surface area contributed by atoms with Gasteiger partial charge in [-0.05, 0) is 58.1 Å². The van der Waals surface area contributed by atoms with E-state index in [4.69, 9.17) is 4.74 Å². The number of nitrogens with zero attached hydrogens (tertiary/aromatic N) is 2. The van der Waals surface area contributed by atoms with E-state index >= 15 is 0 Å². The summed E-state index contributed by atoms with van der Waals surface area (Å²) in [4.78, 5) is 2.25. The number of fused-ring (bicyclic) bond motifs is 1. The van der Waals surface area contributed by atoms with Crippen LogP contribution in [0.3, 0.4) is 0 Å². The van der Waals surface area contributed by atoms with E-state index in [9.17, 15) is 9.11 Å². The molecule has 2 N–H and O–H groups in total. The Morgan fingerprint density at radius 3 is 2.42 bits per heavy atom. The van der Waals surface area contributed by atoms with Crippen LogP contribution in [0.2, 0.25) is 0 Å². The van der Waals surface area contributed by atoms with Gasteiger partial charge in [-0.3, -0.25) is 9.11 Å². The van der Waals surface area contributed by atoms with E-state index in [-0.39, 0.29) is 0 Å². The van der Waals surface area contributed by atoms with Crippen LogP contribution in [0.25, 0.3) is 0 Å². The maximum Gasteiger partial charge on any atom is 0.206 e. The molecule has 1 unspecified atom stereocenters. The Morgan fingerprint density at radius 1 is 1.08 bits per heavy atom. The summed E-state index contributed by atoms with van der Waals surface area (Å²) in [6.45, 7) is 5.19. The summed E-state index contributed by atoms with van der Waals surface area (Å²) in [6.07, 6.45) is 1.41. The van der Waals surface area contributed by atoms with E-state index in [0.717, 1.165) is 18.7 Å². The predicted octanol–water partition coefficient (Wildman–Crippen LogP) is 5.33. The van der Waals surface area contributed by atoms with Crippen LogP contribution in [0, 0.1) is 0 Å². The van der Waals surface area contributed by atoms with E-state index in [2.05, 4.69) is 25.8 Å². The molecule has 1 heterocycles. The lowest BCUT2D eigenvalue weighted by molar-refractivity contribution is 0.215. The van der Waals surface area contributed by atoms with Gasteiger partial charge >= 0.3 is 0 Å². The maximum absolute atomic E-state index is 11.1. The SMILES string of the molecule is CC(C)N(C)CCCC1Oc2ccccc2N(c2ccccc2)S1(O)O. The van der Waals surface area contributed by atoms with Crippen LogP contribution in [0.1, 0.15) is 26.7 Å². The lowest BCUT2D eigenvalue weighted by Gasteiger charge is -2.51. The fourth-order valence-electron chi connectivity index (χ4n) is 3.03. The average molecular weight is 377 g/mol. The fraction of sp³-hybridized carbons (Fsp3) is 0.400. The molecule has 2 aromatic carbocycles. The zero-order valence-corrected chi connectivity index (χ0v) is 16.4. The summed E-state index contributed by atoms with van der Waals surface area (Å²) in [7, 11) is -1.08. The molecule has 142 valence electrons. The van der Waals surface area contributed by atoms with Crippen LogP contribution in [0.4, 0.5) is 11.4 Å². The fourth-order valence-corrected chi connectivity index (χ4v) is 4.86. The summed E-state index contributed by atoms with van der Waals surface area (Å²) in [5, 5.41) is 0. The van der Waals surface area contributed by atoms with E-state index in [1.54, 1.807) is 4.31 Å². The van der Waals surface area contributed by atoms with Crippen molar-refractivity contribution in [2.24, 2.45) is 0 Å². The van der Waals surface area contributed by atoms with E-state index in [0.29, 0.717) is 23.9 Å². The summed E-state index contributed by atoms with van der Waals surface area (Å²) in [5.41, 5.74) is 0.792. The largest absolute Gasteiger partial charge is 0.467 e. The van der Waals surface area contributed by atoms with Crippen molar-refractivity contribution in [3.63, 3.8) is 0 Å². The number of ether oxygens (including phenoxy) is 1. The van der Waals surface area contributed by atoms with Crippen molar-refractivity contribution in [1.82, 2.24) is 4.90 Å². The Balaban J connectivity index is 1.87. The Labute approximate surface area is 157 Å². The molecule has 0 aromatic heterocycles. The molecule has 0 saturated carbocycles. The Hall–Kier alpha value is -1.73. The molecule has 0 radical (unpaired) electrons. The minimum absolute atomic E-state index is 0.462. The molecule has 0 saturated heterocycles. The van der Waals surface area contributed by atoms with Gasteiger partial charge in [-0.2, -0.15) is 0 Å². The van der Waals surface area contributed by atoms with Crippen molar-refractivity contribution < 1.29 is 13.8 Å². The van der Waals surface area contributed by atoms with Gasteiger partial charge in [0.1, 0.15) is 11.4 Å².